The summed E-state index contributed by atoms with van der Waals surface area (Å²) in [6.45, 7) is 5.09. The molecule has 0 saturated carbocycles. The fourth-order valence-electron chi connectivity index (χ4n) is 1.72. The number of halogens is 1. The SMILES string of the molecule is CC(C)NCCc1nc(Cc2ccc(Br)cc2)no1. The second-order valence-electron chi connectivity index (χ2n) is 4.77. The lowest BCUT2D eigenvalue weighted by molar-refractivity contribution is 0.369. The van der Waals surface area contributed by atoms with Crippen LogP contribution in [0.3, 0.4) is 0 Å². The normalized spacial score (nSPS) is 11.2. The van der Waals surface area contributed by atoms with Crippen molar-refractivity contribution in [1.29, 1.82) is 0 Å². The molecule has 1 N–H and O–H groups in total. The van der Waals surface area contributed by atoms with E-state index in [4.69, 9.17) is 4.52 Å². The van der Waals surface area contributed by atoms with Crippen LogP contribution in [-0.4, -0.2) is 22.7 Å². The van der Waals surface area contributed by atoms with Gasteiger partial charge in [-0.3, -0.25) is 0 Å². The summed E-state index contributed by atoms with van der Waals surface area (Å²) in [5.41, 5.74) is 1.18. The minimum atomic E-state index is 0.477. The molecule has 1 aromatic carbocycles. The van der Waals surface area contributed by atoms with Crippen molar-refractivity contribution in [3.8, 4) is 0 Å². The topological polar surface area (TPSA) is 51.0 Å². The van der Waals surface area contributed by atoms with Gasteiger partial charge in [-0.15, -0.1) is 0 Å². The summed E-state index contributed by atoms with van der Waals surface area (Å²) in [7, 11) is 0. The Morgan fingerprint density at radius 2 is 2.00 bits per heavy atom. The lowest BCUT2D eigenvalue weighted by Crippen LogP contribution is -2.25. The standard InChI is InChI=1S/C14H18BrN3O/c1-10(2)16-8-7-14-17-13(18-19-14)9-11-3-5-12(15)6-4-11/h3-6,10,16H,7-9H2,1-2H3. The molecule has 2 aromatic rings. The first-order chi connectivity index (χ1) is 9.13. The summed E-state index contributed by atoms with van der Waals surface area (Å²) in [6.07, 6.45) is 1.47. The van der Waals surface area contributed by atoms with E-state index < -0.39 is 0 Å². The second-order valence-corrected chi connectivity index (χ2v) is 5.68. The molecule has 19 heavy (non-hydrogen) atoms. The van der Waals surface area contributed by atoms with Crippen LogP contribution >= 0.6 is 15.9 Å². The van der Waals surface area contributed by atoms with Gasteiger partial charge in [0.05, 0.1) is 0 Å². The van der Waals surface area contributed by atoms with E-state index in [1.165, 1.54) is 5.56 Å². The minimum absolute atomic E-state index is 0.477. The van der Waals surface area contributed by atoms with Crippen LogP contribution < -0.4 is 5.32 Å². The number of nitrogens with zero attached hydrogens (tertiary/aromatic N) is 2. The van der Waals surface area contributed by atoms with Crippen LogP contribution in [0.25, 0.3) is 0 Å². The van der Waals surface area contributed by atoms with Crippen LogP contribution in [0.5, 0.6) is 0 Å². The molecule has 0 bridgehead atoms. The van der Waals surface area contributed by atoms with Crippen LogP contribution in [-0.2, 0) is 12.8 Å². The largest absolute Gasteiger partial charge is 0.339 e. The van der Waals surface area contributed by atoms with Gasteiger partial charge in [-0.25, -0.2) is 0 Å². The highest BCUT2D eigenvalue weighted by Crippen LogP contribution is 2.13. The van der Waals surface area contributed by atoms with E-state index in [0.29, 0.717) is 18.4 Å². The van der Waals surface area contributed by atoms with Gasteiger partial charge in [-0.2, -0.15) is 4.98 Å². The summed E-state index contributed by atoms with van der Waals surface area (Å²) >= 11 is 3.42. The van der Waals surface area contributed by atoms with Crippen molar-refractivity contribution in [3.63, 3.8) is 0 Å². The van der Waals surface area contributed by atoms with Gasteiger partial charge in [0.25, 0.3) is 0 Å². The lowest BCUT2D eigenvalue weighted by atomic mass is 10.1. The zero-order valence-electron chi connectivity index (χ0n) is 11.2. The minimum Gasteiger partial charge on any atom is -0.339 e. The Kier molecular flexibility index (Phi) is 5.10. The van der Waals surface area contributed by atoms with E-state index in [2.05, 4.69) is 57.4 Å². The first kappa shape index (κ1) is 14.2. The second kappa shape index (κ2) is 6.82. The molecule has 0 aliphatic heterocycles. The van der Waals surface area contributed by atoms with Crippen LogP contribution in [0.1, 0.15) is 31.1 Å². The number of rotatable bonds is 6. The Bertz CT molecular complexity index is 508. The van der Waals surface area contributed by atoms with Gasteiger partial charge in [0.15, 0.2) is 5.82 Å². The van der Waals surface area contributed by atoms with Gasteiger partial charge in [0.1, 0.15) is 0 Å². The molecule has 0 spiro atoms. The van der Waals surface area contributed by atoms with Crippen LogP contribution in [0, 0.1) is 0 Å². The van der Waals surface area contributed by atoms with Gasteiger partial charge < -0.3 is 9.84 Å². The van der Waals surface area contributed by atoms with Crippen LogP contribution in [0.2, 0.25) is 0 Å². The predicted molar refractivity (Wildman–Crippen MR) is 78.1 cm³/mol. The fraction of sp³-hybridized carbons (Fsp3) is 0.429. The quantitative estimate of drug-likeness (QED) is 0.888. The molecule has 0 saturated heterocycles. The molecular weight excluding hydrogens is 306 g/mol. The fourth-order valence-corrected chi connectivity index (χ4v) is 1.98. The van der Waals surface area contributed by atoms with Crippen molar-refractivity contribution in [2.24, 2.45) is 0 Å². The Morgan fingerprint density at radius 1 is 1.26 bits per heavy atom. The van der Waals surface area contributed by atoms with E-state index in [9.17, 15) is 0 Å². The predicted octanol–water partition coefficient (Wildman–Crippen LogP) is 2.96. The number of nitrogens with one attached hydrogen (secondary N) is 1. The number of benzene rings is 1. The average Bonchev–Trinajstić information content (AvgIpc) is 2.79. The third-order valence-electron chi connectivity index (χ3n) is 2.68. The summed E-state index contributed by atoms with van der Waals surface area (Å²) < 4.78 is 6.31. The summed E-state index contributed by atoms with van der Waals surface area (Å²) in [6, 6.07) is 8.62. The monoisotopic (exact) mass is 323 g/mol. The first-order valence-corrected chi connectivity index (χ1v) is 7.22. The highest BCUT2D eigenvalue weighted by atomic mass is 79.9. The highest BCUT2D eigenvalue weighted by molar-refractivity contribution is 9.10. The highest BCUT2D eigenvalue weighted by Gasteiger charge is 2.07. The van der Waals surface area contributed by atoms with E-state index in [-0.39, 0.29) is 0 Å². The third kappa shape index (κ3) is 4.76. The van der Waals surface area contributed by atoms with Crippen LogP contribution in [0.15, 0.2) is 33.3 Å². The summed E-state index contributed by atoms with van der Waals surface area (Å²) in [4.78, 5) is 4.40. The molecule has 1 aromatic heterocycles. The van der Waals surface area contributed by atoms with Crippen molar-refractivity contribution < 1.29 is 4.52 Å². The average molecular weight is 324 g/mol. The summed E-state index contributed by atoms with van der Waals surface area (Å²) in [5, 5.41) is 7.33. The maximum absolute atomic E-state index is 5.23. The molecule has 0 amide bonds. The Morgan fingerprint density at radius 3 is 2.68 bits per heavy atom. The van der Waals surface area contributed by atoms with Gasteiger partial charge in [-0.05, 0) is 17.7 Å². The van der Waals surface area contributed by atoms with E-state index in [0.717, 1.165) is 23.3 Å². The molecular formula is C14H18BrN3O. The van der Waals surface area contributed by atoms with Crippen molar-refractivity contribution in [3.05, 3.63) is 46.0 Å². The van der Waals surface area contributed by atoms with Crippen molar-refractivity contribution in [1.82, 2.24) is 15.5 Å². The van der Waals surface area contributed by atoms with E-state index in [1.807, 2.05) is 12.1 Å². The molecule has 1 heterocycles. The third-order valence-corrected chi connectivity index (χ3v) is 3.21. The van der Waals surface area contributed by atoms with Crippen molar-refractivity contribution >= 4 is 15.9 Å². The molecule has 0 aliphatic carbocycles. The maximum atomic E-state index is 5.23. The van der Waals surface area contributed by atoms with Crippen molar-refractivity contribution in [2.45, 2.75) is 32.7 Å². The molecule has 0 aliphatic rings. The van der Waals surface area contributed by atoms with Crippen LogP contribution in [0.4, 0.5) is 0 Å². The Balaban J connectivity index is 1.88. The molecule has 102 valence electrons. The molecule has 0 radical (unpaired) electrons. The Hall–Kier alpha value is -1.20. The molecule has 4 nitrogen and oxygen atoms in total. The van der Waals surface area contributed by atoms with E-state index >= 15 is 0 Å². The molecule has 2 rings (SSSR count). The van der Waals surface area contributed by atoms with Gasteiger partial charge >= 0.3 is 0 Å². The lowest BCUT2D eigenvalue weighted by Gasteiger charge is -2.04. The summed E-state index contributed by atoms with van der Waals surface area (Å²) in [5.74, 6) is 1.43. The van der Waals surface area contributed by atoms with Gasteiger partial charge in [-0.1, -0.05) is 47.1 Å². The molecule has 5 heteroatoms. The maximum Gasteiger partial charge on any atom is 0.227 e. The van der Waals surface area contributed by atoms with Gasteiger partial charge in [0, 0.05) is 29.9 Å². The zero-order chi connectivity index (χ0) is 13.7. The number of hydrogen-bond donors (Lipinski definition) is 1. The molecule has 0 atom stereocenters. The van der Waals surface area contributed by atoms with Gasteiger partial charge in [0.2, 0.25) is 5.89 Å². The van der Waals surface area contributed by atoms with E-state index in [1.54, 1.807) is 0 Å². The zero-order valence-corrected chi connectivity index (χ0v) is 12.8. The molecule has 0 unspecified atom stereocenters. The number of aromatic nitrogens is 2. The Labute approximate surface area is 121 Å². The molecule has 0 fully saturated rings. The first-order valence-electron chi connectivity index (χ1n) is 6.43. The van der Waals surface area contributed by atoms with Crippen molar-refractivity contribution in [2.75, 3.05) is 6.54 Å². The smallest absolute Gasteiger partial charge is 0.227 e. The number of hydrogen-bond acceptors (Lipinski definition) is 4.